The lowest BCUT2D eigenvalue weighted by atomic mass is 10.2. The molecule has 0 spiro atoms. The molecular formula is C18H21N3O3. The highest BCUT2D eigenvalue weighted by molar-refractivity contribution is 5.93. The van der Waals surface area contributed by atoms with Gasteiger partial charge in [0, 0.05) is 37.1 Å². The molecule has 1 aliphatic heterocycles. The van der Waals surface area contributed by atoms with Crippen LogP contribution >= 0.6 is 0 Å². The van der Waals surface area contributed by atoms with E-state index in [1.807, 2.05) is 30.3 Å². The van der Waals surface area contributed by atoms with Crippen LogP contribution in [0.3, 0.4) is 0 Å². The lowest BCUT2D eigenvalue weighted by Gasteiger charge is -2.18. The number of pyridine rings is 1. The van der Waals surface area contributed by atoms with Crippen LogP contribution in [0.1, 0.15) is 22.5 Å². The van der Waals surface area contributed by atoms with Crippen molar-refractivity contribution in [3.8, 4) is 5.75 Å². The van der Waals surface area contributed by atoms with Gasteiger partial charge in [-0.2, -0.15) is 0 Å². The first-order valence-electron chi connectivity index (χ1n) is 7.96. The molecule has 1 aromatic carbocycles. The van der Waals surface area contributed by atoms with Crippen molar-refractivity contribution in [1.82, 2.24) is 10.3 Å². The number of rotatable bonds is 5. The number of anilines is 1. The van der Waals surface area contributed by atoms with E-state index >= 15 is 0 Å². The fourth-order valence-corrected chi connectivity index (χ4v) is 2.83. The minimum Gasteiger partial charge on any atom is -0.496 e. The molecule has 0 unspecified atom stereocenters. The molecule has 2 aromatic rings. The van der Waals surface area contributed by atoms with Gasteiger partial charge in [-0.3, -0.25) is 9.78 Å². The molecule has 2 heterocycles. The maximum absolute atomic E-state index is 12.4. The van der Waals surface area contributed by atoms with Crippen LogP contribution in [0.4, 0.5) is 5.69 Å². The summed E-state index contributed by atoms with van der Waals surface area (Å²) >= 11 is 0. The van der Waals surface area contributed by atoms with Crippen molar-refractivity contribution in [1.29, 1.82) is 0 Å². The molecule has 1 saturated heterocycles. The highest BCUT2D eigenvalue weighted by Crippen LogP contribution is 2.21. The molecule has 2 N–H and O–H groups in total. The lowest BCUT2D eigenvalue weighted by Crippen LogP contribution is -2.25. The zero-order chi connectivity index (χ0) is 16.9. The highest BCUT2D eigenvalue weighted by atomic mass is 16.5. The monoisotopic (exact) mass is 327 g/mol. The maximum Gasteiger partial charge on any atom is 0.270 e. The molecule has 0 aliphatic carbocycles. The summed E-state index contributed by atoms with van der Waals surface area (Å²) in [6.07, 6.45) is 2.07. The number of hydrogen-bond donors (Lipinski definition) is 2. The number of amides is 1. The molecule has 6 nitrogen and oxygen atoms in total. The van der Waals surface area contributed by atoms with Gasteiger partial charge < -0.3 is 20.1 Å². The molecule has 1 atom stereocenters. The molecule has 1 fully saturated rings. The minimum atomic E-state index is -0.305. The smallest absolute Gasteiger partial charge is 0.270 e. The van der Waals surface area contributed by atoms with Gasteiger partial charge in [0.2, 0.25) is 0 Å². The molecule has 0 bridgehead atoms. The van der Waals surface area contributed by atoms with Crippen LogP contribution in [0.5, 0.6) is 5.75 Å². The van der Waals surface area contributed by atoms with Crippen LogP contribution in [0.25, 0.3) is 0 Å². The summed E-state index contributed by atoms with van der Waals surface area (Å²) < 4.78 is 5.28. The van der Waals surface area contributed by atoms with E-state index in [0.29, 0.717) is 18.8 Å². The van der Waals surface area contributed by atoms with Crippen LogP contribution in [-0.4, -0.2) is 42.3 Å². The first-order valence-corrected chi connectivity index (χ1v) is 7.96. The summed E-state index contributed by atoms with van der Waals surface area (Å²) in [5, 5.41) is 12.5. The van der Waals surface area contributed by atoms with E-state index in [1.54, 1.807) is 19.4 Å². The standard InChI is InChI=1S/C18H21N3O3/c1-24-17-5-3-2-4-13(17)11-20-18(23)16-10-14(6-8-19-16)21-9-7-15(22)12-21/h2-6,8,10,15,22H,7,9,11-12H2,1H3,(H,20,23)/t15-/m1/s1. The zero-order valence-corrected chi connectivity index (χ0v) is 13.6. The van der Waals surface area contributed by atoms with Crippen molar-refractivity contribution < 1.29 is 14.6 Å². The fraction of sp³-hybridized carbons (Fsp3) is 0.333. The number of nitrogens with zero attached hydrogens (tertiary/aromatic N) is 2. The Balaban J connectivity index is 1.67. The van der Waals surface area contributed by atoms with Crippen LogP contribution < -0.4 is 15.0 Å². The minimum absolute atomic E-state index is 0.234. The van der Waals surface area contributed by atoms with Crippen LogP contribution in [0.15, 0.2) is 42.6 Å². The fourth-order valence-electron chi connectivity index (χ4n) is 2.83. The summed E-state index contributed by atoms with van der Waals surface area (Å²) in [4.78, 5) is 18.6. The number of methoxy groups -OCH3 is 1. The Morgan fingerprint density at radius 1 is 1.42 bits per heavy atom. The van der Waals surface area contributed by atoms with Crippen molar-refractivity contribution in [3.63, 3.8) is 0 Å². The first kappa shape index (κ1) is 16.3. The first-order chi connectivity index (χ1) is 11.7. The van der Waals surface area contributed by atoms with E-state index in [1.165, 1.54) is 0 Å². The van der Waals surface area contributed by atoms with Gasteiger partial charge in [-0.05, 0) is 24.6 Å². The normalized spacial score (nSPS) is 16.9. The second-order valence-corrected chi connectivity index (χ2v) is 5.78. The topological polar surface area (TPSA) is 74.7 Å². The number of ether oxygens (including phenoxy) is 1. The van der Waals surface area contributed by atoms with E-state index in [9.17, 15) is 9.90 Å². The predicted octanol–water partition coefficient (Wildman–Crippen LogP) is 1.59. The highest BCUT2D eigenvalue weighted by Gasteiger charge is 2.21. The number of aromatic nitrogens is 1. The number of carbonyl (C=O) groups excluding carboxylic acids is 1. The predicted molar refractivity (Wildman–Crippen MR) is 91.2 cm³/mol. The van der Waals surface area contributed by atoms with Crippen molar-refractivity contribution in [3.05, 3.63) is 53.9 Å². The number of aliphatic hydroxyl groups is 1. The van der Waals surface area contributed by atoms with Gasteiger partial charge in [-0.1, -0.05) is 18.2 Å². The SMILES string of the molecule is COc1ccccc1CNC(=O)c1cc(N2CC[C@@H](O)C2)ccn1. The lowest BCUT2D eigenvalue weighted by molar-refractivity contribution is 0.0945. The van der Waals surface area contributed by atoms with Crippen LogP contribution in [0.2, 0.25) is 0 Å². The Hall–Kier alpha value is -2.60. The van der Waals surface area contributed by atoms with Gasteiger partial charge in [0.15, 0.2) is 0 Å². The Labute approximate surface area is 141 Å². The van der Waals surface area contributed by atoms with Crippen molar-refractivity contribution in [2.45, 2.75) is 19.1 Å². The Morgan fingerprint density at radius 2 is 2.25 bits per heavy atom. The number of β-amino-alcohol motifs (C(OH)–C–C–N with tert-alkyl or cyclic N) is 1. The third-order valence-corrected chi connectivity index (χ3v) is 4.14. The molecule has 24 heavy (non-hydrogen) atoms. The third kappa shape index (κ3) is 3.65. The van der Waals surface area contributed by atoms with Gasteiger partial charge in [0.05, 0.1) is 13.2 Å². The van der Waals surface area contributed by atoms with Crippen LogP contribution in [0, 0.1) is 0 Å². The number of para-hydroxylation sites is 1. The Morgan fingerprint density at radius 3 is 3.00 bits per heavy atom. The molecule has 0 saturated carbocycles. The number of benzene rings is 1. The van der Waals surface area contributed by atoms with Gasteiger partial charge in [0.1, 0.15) is 11.4 Å². The van der Waals surface area contributed by atoms with E-state index in [-0.39, 0.29) is 12.0 Å². The van der Waals surface area contributed by atoms with Crippen LogP contribution in [-0.2, 0) is 6.54 Å². The van der Waals surface area contributed by atoms with Gasteiger partial charge in [-0.15, -0.1) is 0 Å². The largest absolute Gasteiger partial charge is 0.496 e. The van der Waals surface area contributed by atoms with E-state index in [2.05, 4.69) is 15.2 Å². The summed E-state index contributed by atoms with van der Waals surface area (Å²) in [5.74, 6) is 0.507. The summed E-state index contributed by atoms with van der Waals surface area (Å²) in [5.41, 5.74) is 2.18. The van der Waals surface area contributed by atoms with Crippen molar-refractivity contribution in [2.24, 2.45) is 0 Å². The van der Waals surface area contributed by atoms with E-state index < -0.39 is 0 Å². The average Bonchev–Trinajstić information content (AvgIpc) is 3.06. The second kappa shape index (κ2) is 7.31. The van der Waals surface area contributed by atoms with E-state index in [4.69, 9.17) is 4.74 Å². The molecule has 126 valence electrons. The number of hydrogen-bond acceptors (Lipinski definition) is 5. The van der Waals surface area contributed by atoms with Gasteiger partial charge >= 0.3 is 0 Å². The van der Waals surface area contributed by atoms with Crippen molar-refractivity contribution >= 4 is 11.6 Å². The quantitative estimate of drug-likeness (QED) is 0.872. The zero-order valence-electron chi connectivity index (χ0n) is 13.6. The summed E-state index contributed by atoms with van der Waals surface area (Å²) in [6.45, 7) is 1.75. The van der Waals surface area contributed by atoms with Gasteiger partial charge in [-0.25, -0.2) is 0 Å². The third-order valence-electron chi connectivity index (χ3n) is 4.14. The summed E-state index contributed by atoms with van der Waals surface area (Å²) in [7, 11) is 1.61. The maximum atomic E-state index is 12.4. The van der Waals surface area contributed by atoms with Gasteiger partial charge in [0.25, 0.3) is 5.91 Å². The summed E-state index contributed by atoms with van der Waals surface area (Å²) in [6, 6.07) is 11.2. The molecular weight excluding hydrogens is 306 g/mol. The molecule has 0 radical (unpaired) electrons. The Kier molecular flexibility index (Phi) is 4.96. The molecule has 6 heteroatoms. The Bertz CT molecular complexity index is 720. The number of nitrogens with one attached hydrogen (secondary N) is 1. The van der Waals surface area contributed by atoms with Crippen molar-refractivity contribution in [2.75, 3.05) is 25.1 Å². The second-order valence-electron chi connectivity index (χ2n) is 5.78. The molecule has 1 amide bonds. The molecule has 1 aromatic heterocycles. The number of aliphatic hydroxyl groups excluding tert-OH is 1. The van der Waals surface area contributed by atoms with E-state index in [0.717, 1.165) is 30.0 Å². The molecule has 1 aliphatic rings. The average molecular weight is 327 g/mol. The molecule has 3 rings (SSSR count). The number of carbonyl (C=O) groups is 1.